The Morgan fingerprint density at radius 3 is 1.64 bits per heavy atom. The first-order chi connectivity index (χ1) is 6.72. The summed E-state index contributed by atoms with van der Waals surface area (Å²) in [5.41, 5.74) is 0. The average molecular weight is 192 g/mol. The van der Waals surface area contributed by atoms with E-state index in [1.165, 1.54) is 0 Å². The predicted octanol–water partition coefficient (Wildman–Crippen LogP) is -0.220. The highest BCUT2D eigenvalue weighted by molar-refractivity contribution is 6.10. The van der Waals surface area contributed by atoms with Crippen LogP contribution in [0, 0.1) is 0 Å². The highest BCUT2D eigenvalue weighted by Crippen LogP contribution is 2.35. The van der Waals surface area contributed by atoms with E-state index in [-0.39, 0.29) is 23.9 Å². The summed E-state index contributed by atoms with van der Waals surface area (Å²) in [6.45, 7) is 8.02. The molecule has 0 aliphatic carbocycles. The minimum absolute atomic E-state index is 0.0244. The molecule has 2 rings (SSSR count). The number of carbonyl (C=O) groups is 2. The van der Waals surface area contributed by atoms with Gasteiger partial charge in [-0.25, -0.2) is 0 Å². The number of likely N-dealkylation sites (tertiary alicyclic amines) is 2. The topological polar surface area (TPSA) is 40.6 Å². The van der Waals surface area contributed by atoms with Gasteiger partial charge in [0, 0.05) is 13.1 Å². The van der Waals surface area contributed by atoms with Gasteiger partial charge in [0.15, 0.2) is 0 Å². The molecule has 2 atom stereocenters. The van der Waals surface area contributed by atoms with Crippen LogP contribution in [0.5, 0.6) is 0 Å². The predicted molar refractivity (Wildman–Crippen MR) is 51.4 cm³/mol. The number of β-lactam (4-membered cyclic amide) rings is 2. The Hall–Kier alpha value is -1.58. The first-order valence-corrected chi connectivity index (χ1v) is 4.55. The number of hydrogen-bond acceptors (Lipinski definition) is 2. The van der Waals surface area contributed by atoms with Crippen molar-refractivity contribution in [2.45, 2.75) is 12.1 Å². The van der Waals surface area contributed by atoms with Crippen molar-refractivity contribution in [2.75, 3.05) is 13.1 Å². The number of piperazine rings is 1. The molecule has 2 aliphatic heterocycles. The summed E-state index contributed by atoms with van der Waals surface area (Å²) < 4.78 is 0. The molecule has 0 spiro atoms. The summed E-state index contributed by atoms with van der Waals surface area (Å²) in [4.78, 5) is 26.1. The molecule has 2 saturated heterocycles. The first kappa shape index (κ1) is 8.99. The molecule has 2 heterocycles. The van der Waals surface area contributed by atoms with Crippen LogP contribution < -0.4 is 0 Å². The van der Waals surface area contributed by atoms with Gasteiger partial charge in [-0.15, -0.1) is 13.2 Å². The number of amides is 2. The lowest BCUT2D eigenvalue weighted by atomic mass is 9.83. The van der Waals surface area contributed by atoms with Gasteiger partial charge in [0.25, 0.3) is 0 Å². The number of fused-ring (bicyclic) bond motifs is 1. The summed E-state index contributed by atoms with van der Waals surface area (Å²) in [6.07, 6.45) is 3.27. The van der Waals surface area contributed by atoms with Crippen molar-refractivity contribution >= 4 is 11.8 Å². The molecule has 4 nitrogen and oxygen atoms in total. The van der Waals surface area contributed by atoms with Crippen molar-refractivity contribution in [1.82, 2.24) is 9.80 Å². The van der Waals surface area contributed by atoms with Crippen LogP contribution in [-0.4, -0.2) is 46.8 Å². The molecule has 0 radical (unpaired) electrons. The second kappa shape index (κ2) is 2.97. The monoisotopic (exact) mass is 192 g/mol. The highest BCUT2D eigenvalue weighted by atomic mass is 16.2. The fourth-order valence-corrected chi connectivity index (χ4v) is 2.01. The molecule has 0 aromatic heterocycles. The molecular formula is C10H12N2O2. The zero-order chi connectivity index (χ0) is 10.3. The maximum Gasteiger partial charge on any atom is 0.249 e. The fourth-order valence-electron chi connectivity index (χ4n) is 2.01. The van der Waals surface area contributed by atoms with Crippen LogP contribution >= 0.6 is 0 Å². The molecule has 2 unspecified atom stereocenters. The van der Waals surface area contributed by atoms with Crippen LogP contribution in [0.1, 0.15) is 0 Å². The van der Waals surface area contributed by atoms with E-state index in [4.69, 9.17) is 0 Å². The van der Waals surface area contributed by atoms with Gasteiger partial charge in [0.1, 0.15) is 12.1 Å². The molecule has 0 N–H and O–H groups in total. The lowest BCUT2D eigenvalue weighted by Gasteiger charge is -2.58. The molecule has 2 fully saturated rings. The van der Waals surface area contributed by atoms with Gasteiger partial charge >= 0.3 is 0 Å². The Kier molecular flexibility index (Phi) is 1.91. The highest BCUT2D eigenvalue weighted by Gasteiger charge is 2.63. The van der Waals surface area contributed by atoms with Crippen molar-refractivity contribution < 1.29 is 9.59 Å². The van der Waals surface area contributed by atoms with E-state index in [1.807, 2.05) is 0 Å². The summed E-state index contributed by atoms with van der Waals surface area (Å²) >= 11 is 0. The van der Waals surface area contributed by atoms with Crippen molar-refractivity contribution in [1.29, 1.82) is 0 Å². The molecule has 0 aromatic rings. The third-order valence-electron chi connectivity index (χ3n) is 2.69. The van der Waals surface area contributed by atoms with E-state index in [0.29, 0.717) is 13.1 Å². The molecule has 0 aromatic carbocycles. The van der Waals surface area contributed by atoms with Crippen molar-refractivity contribution in [3.05, 3.63) is 25.3 Å². The Morgan fingerprint density at radius 2 is 1.36 bits per heavy atom. The lowest BCUT2D eigenvalue weighted by molar-refractivity contribution is -0.190. The molecule has 0 saturated carbocycles. The quantitative estimate of drug-likeness (QED) is 0.456. The van der Waals surface area contributed by atoms with E-state index < -0.39 is 0 Å². The van der Waals surface area contributed by atoms with Crippen molar-refractivity contribution in [3.8, 4) is 0 Å². The lowest BCUT2D eigenvalue weighted by Crippen LogP contribution is -2.84. The van der Waals surface area contributed by atoms with Gasteiger partial charge < -0.3 is 9.80 Å². The van der Waals surface area contributed by atoms with E-state index in [0.717, 1.165) is 0 Å². The number of hydrogen-bond donors (Lipinski definition) is 0. The normalized spacial score (nSPS) is 29.1. The molecule has 14 heavy (non-hydrogen) atoms. The summed E-state index contributed by atoms with van der Waals surface area (Å²) in [5.74, 6) is 0.0488. The SMILES string of the molecule is C=CCN1C(=O)C2C1C(=O)N2CC=C. The number of rotatable bonds is 4. The second-order valence-electron chi connectivity index (χ2n) is 3.45. The molecule has 74 valence electrons. The average Bonchev–Trinajstić information content (AvgIpc) is 2.18. The largest absolute Gasteiger partial charge is 0.322 e. The van der Waals surface area contributed by atoms with Gasteiger partial charge in [-0.3, -0.25) is 9.59 Å². The minimum atomic E-state index is -0.222. The standard InChI is InChI=1S/C10H12N2O2/c1-3-5-11-7-8(9(11)13)12(6-4-2)10(7)14/h3-4,7-8H,1-2,5-6H2. The van der Waals surface area contributed by atoms with Crippen LogP contribution in [0.3, 0.4) is 0 Å². The van der Waals surface area contributed by atoms with Crippen LogP contribution in [0.15, 0.2) is 25.3 Å². The third-order valence-corrected chi connectivity index (χ3v) is 2.69. The van der Waals surface area contributed by atoms with E-state index >= 15 is 0 Å². The molecule has 0 bridgehead atoms. The van der Waals surface area contributed by atoms with Crippen molar-refractivity contribution in [3.63, 3.8) is 0 Å². The van der Waals surface area contributed by atoms with Gasteiger partial charge in [-0.05, 0) is 0 Å². The Balaban J connectivity index is 2.04. The summed E-state index contributed by atoms with van der Waals surface area (Å²) in [6, 6.07) is -0.444. The third kappa shape index (κ3) is 0.880. The van der Waals surface area contributed by atoms with Crippen LogP contribution in [0.2, 0.25) is 0 Å². The Morgan fingerprint density at radius 1 is 1.00 bits per heavy atom. The van der Waals surface area contributed by atoms with Crippen LogP contribution in [0.4, 0.5) is 0 Å². The smallest absolute Gasteiger partial charge is 0.249 e. The number of carbonyl (C=O) groups excluding carboxylic acids is 2. The van der Waals surface area contributed by atoms with E-state index in [2.05, 4.69) is 13.2 Å². The van der Waals surface area contributed by atoms with E-state index in [9.17, 15) is 9.59 Å². The zero-order valence-electron chi connectivity index (χ0n) is 7.85. The molecule has 2 amide bonds. The maximum atomic E-state index is 11.5. The number of nitrogens with zero attached hydrogens (tertiary/aromatic N) is 2. The molecule has 2 aliphatic rings. The zero-order valence-corrected chi connectivity index (χ0v) is 7.85. The van der Waals surface area contributed by atoms with Crippen molar-refractivity contribution in [2.24, 2.45) is 0 Å². The Bertz CT molecular complexity index is 292. The van der Waals surface area contributed by atoms with Crippen LogP contribution in [-0.2, 0) is 9.59 Å². The van der Waals surface area contributed by atoms with Gasteiger partial charge in [-0.1, -0.05) is 12.2 Å². The fraction of sp³-hybridized carbons (Fsp3) is 0.400. The maximum absolute atomic E-state index is 11.5. The van der Waals surface area contributed by atoms with Gasteiger partial charge in [0.05, 0.1) is 0 Å². The molecule has 4 heteroatoms. The van der Waals surface area contributed by atoms with Crippen LogP contribution in [0.25, 0.3) is 0 Å². The first-order valence-electron chi connectivity index (χ1n) is 4.55. The molecular weight excluding hydrogens is 180 g/mol. The Labute approximate surface area is 82.5 Å². The summed E-state index contributed by atoms with van der Waals surface area (Å²) in [7, 11) is 0. The van der Waals surface area contributed by atoms with Gasteiger partial charge in [-0.2, -0.15) is 0 Å². The van der Waals surface area contributed by atoms with Gasteiger partial charge in [0.2, 0.25) is 11.8 Å². The van der Waals surface area contributed by atoms with E-state index in [1.54, 1.807) is 22.0 Å². The summed E-state index contributed by atoms with van der Waals surface area (Å²) in [5, 5.41) is 0. The minimum Gasteiger partial charge on any atom is -0.322 e. The second-order valence-corrected chi connectivity index (χ2v) is 3.45.